The third-order valence-electron chi connectivity index (χ3n) is 4.84. The Morgan fingerprint density at radius 3 is 2.84 bits per heavy atom. The number of aliphatic hydroxyl groups excluding tert-OH is 2. The summed E-state index contributed by atoms with van der Waals surface area (Å²) < 4.78 is 11.0. The number of likely N-dealkylation sites (tertiary alicyclic amines) is 1. The van der Waals surface area contributed by atoms with Crippen molar-refractivity contribution in [3.05, 3.63) is 54.0 Å². The van der Waals surface area contributed by atoms with E-state index in [1.165, 1.54) is 0 Å². The molecule has 2 N–H and O–H groups in total. The van der Waals surface area contributed by atoms with Gasteiger partial charge in [-0.05, 0) is 56.5 Å². The van der Waals surface area contributed by atoms with Gasteiger partial charge in [0.15, 0.2) is 0 Å². The van der Waals surface area contributed by atoms with Crippen molar-refractivity contribution in [2.75, 3.05) is 19.7 Å². The van der Waals surface area contributed by atoms with Crippen LogP contribution in [-0.2, 0) is 0 Å². The van der Waals surface area contributed by atoms with Crippen molar-refractivity contribution in [1.29, 1.82) is 0 Å². The molecule has 0 amide bonds. The SMILES string of the molecule is Cc1ccccc1OCC(O)CN1CCCC1CC(O)c1ccco1. The molecule has 0 saturated carbocycles. The number of β-amino-alcohol motifs (C(OH)–C–C–N with tert-alkyl or cyclic N) is 1. The Bertz CT molecular complexity index is 643. The minimum atomic E-state index is -0.596. The first-order valence-electron chi connectivity index (χ1n) is 8.95. The maximum atomic E-state index is 10.3. The van der Waals surface area contributed by atoms with Crippen LogP contribution in [0, 0.1) is 6.92 Å². The number of para-hydroxylation sites is 1. The van der Waals surface area contributed by atoms with Crippen LogP contribution in [0.25, 0.3) is 0 Å². The Hall–Kier alpha value is -1.82. The van der Waals surface area contributed by atoms with Gasteiger partial charge in [-0.25, -0.2) is 0 Å². The third kappa shape index (κ3) is 4.84. The van der Waals surface area contributed by atoms with E-state index in [4.69, 9.17) is 9.15 Å². The molecule has 1 aromatic heterocycles. The predicted molar refractivity (Wildman–Crippen MR) is 95.6 cm³/mol. The van der Waals surface area contributed by atoms with Gasteiger partial charge in [0.2, 0.25) is 0 Å². The van der Waals surface area contributed by atoms with Crippen molar-refractivity contribution >= 4 is 0 Å². The molecule has 5 heteroatoms. The molecule has 1 saturated heterocycles. The molecule has 136 valence electrons. The van der Waals surface area contributed by atoms with Gasteiger partial charge in [0.1, 0.15) is 30.3 Å². The Balaban J connectivity index is 1.48. The molecule has 3 rings (SSSR count). The number of hydrogen-bond acceptors (Lipinski definition) is 5. The molecule has 1 aliphatic heterocycles. The Kier molecular flexibility index (Phi) is 6.13. The monoisotopic (exact) mass is 345 g/mol. The van der Waals surface area contributed by atoms with Crippen LogP contribution < -0.4 is 4.74 Å². The highest BCUT2D eigenvalue weighted by Gasteiger charge is 2.29. The van der Waals surface area contributed by atoms with E-state index in [1.54, 1.807) is 18.4 Å². The molecule has 0 aliphatic carbocycles. The number of aliphatic hydroxyl groups is 2. The first kappa shape index (κ1) is 18.0. The second-order valence-electron chi connectivity index (χ2n) is 6.79. The zero-order chi connectivity index (χ0) is 17.6. The van der Waals surface area contributed by atoms with Gasteiger partial charge in [-0.2, -0.15) is 0 Å². The highest BCUT2D eigenvalue weighted by molar-refractivity contribution is 5.31. The van der Waals surface area contributed by atoms with E-state index in [2.05, 4.69) is 4.90 Å². The van der Waals surface area contributed by atoms with Crippen LogP contribution in [0.3, 0.4) is 0 Å². The number of benzene rings is 1. The summed E-state index contributed by atoms with van der Waals surface area (Å²) in [5.41, 5.74) is 1.07. The Labute approximate surface area is 148 Å². The lowest BCUT2D eigenvalue weighted by molar-refractivity contribution is 0.0479. The highest BCUT2D eigenvalue weighted by atomic mass is 16.5. The van der Waals surface area contributed by atoms with Gasteiger partial charge in [-0.3, -0.25) is 4.90 Å². The van der Waals surface area contributed by atoms with E-state index < -0.39 is 12.2 Å². The summed E-state index contributed by atoms with van der Waals surface area (Å²) in [7, 11) is 0. The van der Waals surface area contributed by atoms with Crippen LogP contribution in [0.5, 0.6) is 5.75 Å². The van der Waals surface area contributed by atoms with E-state index in [0.29, 0.717) is 18.7 Å². The first-order chi connectivity index (χ1) is 12.1. The Morgan fingerprint density at radius 2 is 2.08 bits per heavy atom. The fourth-order valence-corrected chi connectivity index (χ4v) is 3.48. The normalized spacial score (nSPS) is 20.5. The van der Waals surface area contributed by atoms with Gasteiger partial charge in [0.05, 0.1) is 6.26 Å². The fourth-order valence-electron chi connectivity index (χ4n) is 3.48. The standard InChI is InChI=1S/C20H27NO4/c1-15-6-2-3-8-19(15)25-14-17(22)13-21-10-4-7-16(21)12-18(23)20-9-5-11-24-20/h2-3,5-6,8-9,11,16-18,22-23H,4,7,10,12-14H2,1H3. The molecule has 3 unspecified atom stereocenters. The number of aryl methyl sites for hydroxylation is 1. The number of ether oxygens (including phenoxy) is 1. The molecule has 0 radical (unpaired) electrons. The molecule has 25 heavy (non-hydrogen) atoms. The minimum Gasteiger partial charge on any atom is -0.491 e. The largest absolute Gasteiger partial charge is 0.491 e. The number of hydrogen-bond donors (Lipinski definition) is 2. The van der Waals surface area contributed by atoms with Gasteiger partial charge in [-0.1, -0.05) is 18.2 Å². The summed E-state index contributed by atoms with van der Waals surface area (Å²) in [6, 6.07) is 11.7. The van der Waals surface area contributed by atoms with Crippen LogP contribution in [0.2, 0.25) is 0 Å². The van der Waals surface area contributed by atoms with Gasteiger partial charge in [0.25, 0.3) is 0 Å². The molecule has 1 fully saturated rings. The van der Waals surface area contributed by atoms with Crippen molar-refractivity contribution in [2.24, 2.45) is 0 Å². The predicted octanol–water partition coefficient (Wildman–Crippen LogP) is 2.92. The maximum absolute atomic E-state index is 10.3. The van der Waals surface area contributed by atoms with E-state index in [-0.39, 0.29) is 12.6 Å². The molecule has 2 aromatic rings. The zero-order valence-electron chi connectivity index (χ0n) is 14.7. The second-order valence-corrected chi connectivity index (χ2v) is 6.79. The number of furan rings is 1. The molecule has 1 aromatic carbocycles. The lowest BCUT2D eigenvalue weighted by Crippen LogP contribution is -2.39. The first-order valence-corrected chi connectivity index (χ1v) is 8.95. The molecule has 5 nitrogen and oxygen atoms in total. The topological polar surface area (TPSA) is 66.1 Å². The van der Waals surface area contributed by atoms with E-state index in [9.17, 15) is 10.2 Å². The summed E-state index contributed by atoms with van der Waals surface area (Å²) >= 11 is 0. The summed E-state index contributed by atoms with van der Waals surface area (Å²) in [6.45, 7) is 3.77. The molecule has 2 heterocycles. The lowest BCUT2D eigenvalue weighted by atomic mass is 10.0. The molecule has 3 atom stereocenters. The van der Waals surface area contributed by atoms with E-state index in [1.807, 2.05) is 31.2 Å². The van der Waals surface area contributed by atoms with Crippen molar-refractivity contribution in [1.82, 2.24) is 4.90 Å². The van der Waals surface area contributed by atoms with Crippen LogP contribution >= 0.6 is 0 Å². The van der Waals surface area contributed by atoms with Crippen LogP contribution in [0.4, 0.5) is 0 Å². The minimum absolute atomic E-state index is 0.258. The van der Waals surface area contributed by atoms with Crippen molar-refractivity contribution in [3.63, 3.8) is 0 Å². The highest BCUT2D eigenvalue weighted by Crippen LogP contribution is 2.27. The van der Waals surface area contributed by atoms with E-state index >= 15 is 0 Å². The third-order valence-corrected chi connectivity index (χ3v) is 4.84. The van der Waals surface area contributed by atoms with Gasteiger partial charge < -0.3 is 19.4 Å². The maximum Gasteiger partial charge on any atom is 0.132 e. The van der Waals surface area contributed by atoms with Crippen LogP contribution in [0.15, 0.2) is 47.1 Å². The lowest BCUT2D eigenvalue weighted by Gasteiger charge is -2.28. The Morgan fingerprint density at radius 1 is 1.24 bits per heavy atom. The van der Waals surface area contributed by atoms with Gasteiger partial charge in [0, 0.05) is 12.6 Å². The van der Waals surface area contributed by atoms with Crippen molar-refractivity contribution in [2.45, 2.75) is 44.4 Å². The second kappa shape index (κ2) is 8.52. The molecular formula is C20H27NO4. The fraction of sp³-hybridized carbons (Fsp3) is 0.500. The van der Waals surface area contributed by atoms with E-state index in [0.717, 1.165) is 30.7 Å². The summed E-state index contributed by atoms with van der Waals surface area (Å²) in [5.74, 6) is 1.42. The van der Waals surface area contributed by atoms with Crippen LogP contribution in [0.1, 0.15) is 36.7 Å². The summed E-state index contributed by atoms with van der Waals surface area (Å²) in [6.07, 6.45) is 3.17. The van der Waals surface area contributed by atoms with Gasteiger partial charge >= 0.3 is 0 Å². The van der Waals surface area contributed by atoms with Crippen molar-refractivity contribution < 1.29 is 19.4 Å². The van der Waals surface area contributed by atoms with Gasteiger partial charge in [-0.15, -0.1) is 0 Å². The zero-order valence-corrected chi connectivity index (χ0v) is 14.7. The smallest absolute Gasteiger partial charge is 0.132 e. The summed E-state index contributed by atoms with van der Waals surface area (Å²) in [4.78, 5) is 2.25. The molecule has 1 aliphatic rings. The molecule has 0 bridgehead atoms. The summed E-state index contributed by atoms with van der Waals surface area (Å²) in [5, 5.41) is 20.6. The molecule has 0 spiro atoms. The number of rotatable bonds is 8. The van der Waals surface area contributed by atoms with Crippen molar-refractivity contribution in [3.8, 4) is 5.75 Å². The quantitative estimate of drug-likeness (QED) is 0.770. The molecular weight excluding hydrogens is 318 g/mol. The van der Waals surface area contributed by atoms with Crippen LogP contribution in [-0.4, -0.2) is 47.0 Å². The number of nitrogens with zero attached hydrogens (tertiary/aromatic N) is 1. The average Bonchev–Trinajstić information content (AvgIpc) is 3.27. The average molecular weight is 345 g/mol.